The largest absolute Gasteiger partial charge is 0.385 e. The van der Waals surface area contributed by atoms with Crippen LogP contribution in [-0.2, 0) is 11.2 Å². The standard InChI is InChI=1S/C12H13O2/c1-3-11(13)12(14)8-10-6-4-5-9(2)7-10/h3-7,12,14H,1-2,8H2. The van der Waals surface area contributed by atoms with E-state index in [2.05, 4.69) is 13.5 Å². The Morgan fingerprint density at radius 3 is 2.86 bits per heavy atom. The van der Waals surface area contributed by atoms with Gasteiger partial charge in [-0.1, -0.05) is 30.8 Å². The third kappa shape index (κ3) is 2.82. The Bertz CT molecular complexity index is 342. The maximum Gasteiger partial charge on any atom is 0.183 e. The molecule has 1 atom stereocenters. The van der Waals surface area contributed by atoms with Gasteiger partial charge >= 0.3 is 0 Å². The van der Waals surface area contributed by atoms with E-state index in [1.54, 1.807) is 0 Å². The van der Waals surface area contributed by atoms with Crippen LogP contribution in [0.25, 0.3) is 0 Å². The highest BCUT2D eigenvalue weighted by molar-refractivity contribution is 5.92. The molecule has 0 saturated heterocycles. The van der Waals surface area contributed by atoms with Crippen LogP contribution in [0.2, 0.25) is 0 Å². The van der Waals surface area contributed by atoms with Gasteiger partial charge in [-0.05, 0) is 24.1 Å². The number of hydrogen-bond donors (Lipinski definition) is 1. The second-order valence-electron chi connectivity index (χ2n) is 3.15. The van der Waals surface area contributed by atoms with Crippen molar-refractivity contribution in [1.29, 1.82) is 0 Å². The van der Waals surface area contributed by atoms with E-state index in [4.69, 9.17) is 0 Å². The first-order valence-electron chi connectivity index (χ1n) is 4.38. The Labute approximate surface area is 83.9 Å². The normalized spacial score (nSPS) is 12.1. The van der Waals surface area contributed by atoms with Gasteiger partial charge in [-0.3, -0.25) is 4.79 Å². The third-order valence-electron chi connectivity index (χ3n) is 1.95. The van der Waals surface area contributed by atoms with E-state index in [9.17, 15) is 9.90 Å². The molecular formula is C12H13O2. The van der Waals surface area contributed by atoms with Crippen molar-refractivity contribution in [2.45, 2.75) is 12.5 Å². The molecule has 1 unspecified atom stereocenters. The van der Waals surface area contributed by atoms with Crippen molar-refractivity contribution < 1.29 is 9.90 Å². The second-order valence-corrected chi connectivity index (χ2v) is 3.15. The zero-order valence-corrected chi connectivity index (χ0v) is 7.94. The Morgan fingerprint density at radius 2 is 2.29 bits per heavy atom. The minimum atomic E-state index is -0.991. The van der Waals surface area contributed by atoms with Crippen LogP contribution in [0.1, 0.15) is 11.1 Å². The Balaban J connectivity index is 2.69. The molecule has 14 heavy (non-hydrogen) atoms. The van der Waals surface area contributed by atoms with Crippen molar-refractivity contribution >= 4 is 5.78 Å². The molecule has 0 aliphatic carbocycles. The molecule has 0 aromatic heterocycles. The molecule has 0 aliphatic heterocycles. The number of carbonyl (C=O) groups excluding carboxylic acids is 1. The second kappa shape index (κ2) is 4.72. The van der Waals surface area contributed by atoms with Crippen LogP contribution in [0, 0.1) is 6.92 Å². The van der Waals surface area contributed by atoms with Gasteiger partial charge < -0.3 is 5.11 Å². The monoisotopic (exact) mass is 189 g/mol. The first-order valence-corrected chi connectivity index (χ1v) is 4.38. The number of benzene rings is 1. The number of carbonyl (C=O) groups is 1. The summed E-state index contributed by atoms with van der Waals surface area (Å²) in [5, 5.41) is 9.42. The summed E-state index contributed by atoms with van der Waals surface area (Å²) in [7, 11) is 0. The fourth-order valence-corrected chi connectivity index (χ4v) is 1.22. The molecule has 0 spiro atoms. The van der Waals surface area contributed by atoms with E-state index >= 15 is 0 Å². The highest BCUT2D eigenvalue weighted by Gasteiger charge is 2.11. The number of ketones is 1. The van der Waals surface area contributed by atoms with Crippen LogP contribution in [0.4, 0.5) is 0 Å². The van der Waals surface area contributed by atoms with Crippen LogP contribution in [0.5, 0.6) is 0 Å². The predicted octanol–water partition coefficient (Wildman–Crippen LogP) is 1.53. The summed E-state index contributed by atoms with van der Waals surface area (Å²) in [6, 6.07) is 7.42. The molecule has 1 N–H and O–H groups in total. The van der Waals surface area contributed by atoms with Gasteiger partial charge in [0.05, 0.1) is 0 Å². The van der Waals surface area contributed by atoms with Crippen LogP contribution < -0.4 is 0 Å². The SMILES string of the molecule is [CH2]c1cccc(CC(O)C(=O)C=C)c1. The van der Waals surface area contributed by atoms with Gasteiger partial charge in [-0.15, -0.1) is 0 Å². The summed E-state index contributed by atoms with van der Waals surface area (Å²) in [6.45, 7) is 7.09. The van der Waals surface area contributed by atoms with Crippen molar-refractivity contribution in [2.75, 3.05) is 0 Å². The first-order chi connectivity index (χ1) is 6.63. The fourth-order valence-electron chi connectivity index (χ4n) is 1.22. The molecule has 73 valence electrons. The lowest BCUT2D eigenvalue weighted by Crippen LogP contribution is -2.20. The summed E-state index contributed by atoms with van der Waals surface area (Å²) in [6.07, 6.45) is 0.460. The quantitative estimate of drug-likeness (QED) is 0.729. The van der Waals surface area contributed by atoms with E-state index in [0.717, 1.165) is 17.2 Å². The van der Waals surface area contributed by atoms with Gasteiger partial charge in [0.15, 0.2) is 5.78 Å². The minimum absolute atomic E-state index is 0.314. The van der Waals surface area contributed by atoms with Crippen LogP contribution in [-0.4, -0.2) is 17.0 Å². The lowest BCUT2D eigenvalue weighted by molar-refractivity contribution is -0.122. The molecule has 1 radical (unpaired) electrons. The van der Waals surface area contributed by atoms with Gasteiger partial charge in [0.1, 0.15) is 6.10 Å². The summed E-state index contributed by atoms with van der Waals surface area (Å²) < 4.78 is 0. The molecule has 0 fully saturated rings. The highest BCUT2D eigenvalue weighted by Crippen LogP contribution is 2.07. The molecule has 1 aromatic rings. The molecule has 0 heterocycles. The van der Waals surface area contributed by atoms with Crippen LogP contribution >= 0.6 is 0 Å². The molecule has 1 rings (SSSR count). The molecule has 0 amide bonds. The van der Waals surface area contributed by atoms with E-state index in [1.807, 2.05) is 24.3 Å². The fraction of sp³-hybridized carbons (Fsp3) is 0.167. The van der Waals surface area contributed by atoms with E-state index in [-0.39, 0.29) is 5.78 Å². The van der Waals surface area contributed by atoms with Gasteiger partial charge in [-0.25, -0.2) is 0 Å². The molecular weight excluding hydrogens is 176 g/mol. The predicted molar refractivity (Wildman–Crippen MR) is 55.8 cm³/mol. The zero-order chi connectivity index (χ0) is 10.6. The number of aliphatic hydroxyl groups is 1. The molecule has 0 saturated carbocycles. The number of aliphatic hydroxyl groups excluding tert-OH is 1. The first kappa shape index (κ1) is 10.7. The number of rotatable bonds is 4. The molecule has 0 bridgehead atoms. The van der Waals surface area contributed by atoms with Crippen LogP contribution in [0.3, 0.4) is 0 Å². The molecule has 0 aliphatic rings. The van der Waals surface area contributed by atoms with Crippen LogP contribution in [0.15, 0.2) is 36.9 Å². The maximum absolute atomic E-state index is 11.0. The lowest BCUT2D eigenvalue weighted by Gasteiger charge is -2.07. The average Bonchev–Trinajstić information content (AvgIpc) is 2.16. The van der Waals surface area contributed by atoms with Gasteiger partial charge in [-0.2, -0.15) is 0 Å². The molecule has 2 nitrogen and oxygen atoms in total. The highest BCUT2D eigenvalue weighted by atomic mass is 16.3. The summed E-state index contributed by atoms with van der Waals surface area (Å²) in [4.78, 5) is 11.0. The van der Waals surface area contributed by atoms with Crippen molar-refractivity contribution in [2.24, 2.45) is 0 Å². The lowest BCUT2D eigenvalue weighted by atomic mass is 10.0. The van der Waals surface area contributed by atoms with Crippen molar-refractivity contribution in [3.63, 3.8) is 0 Å². The van der Waals surface area contributed by atoms with Crippen molar-refractivity contribution in [3.05, 3.63) is 55.0 Å². The smallest absolute Gasteiger partial charge is 0.183 e. The minimum Gasteiger partial charge on any atom is -0.385 e. The van der Waals surface area contributed by atoms with Gasteiger partial charge in [0, 0.05) is 6.42 Å². The van der Waals surface area contributed by atoms with Crippen molar-refractivity contribution in [1.82, 2.24) is 0 Å². The maximum atomic E-state index is 11.0. The van der Waals surface area contributed by atoms with E-state index < -0.39 is 6.10 Å². The van der Waals surface area contributed by atoms with E-state index in [0.29, 0.717) is 6.42 Å². The van der Waals surface area contributed by atoms with Gasteiger partial charge in [0.2, 0.25) is 0 Å². The summed E-state index contributed by atoms with van der Waals surface area (Å²) >= 11 is 0. The third-order valence-corrected chi connectivity index (χ3v) is 1.95. The average molecular weight is 189 g/mol. The van der Waals surface area contributed by atoms with E-state index in [1.165, 1.54) is 0 Å². The van der Waals surface area contributed by atoms with Crippen molar-refractivity contribution in [3.8, 4) is 0 Å². The summed E-state index contributed by atoms with van der Waals surface area (Å²) in [5.74, 6) is -0.348. The van der Waals surface area contributed by atoms with Gasteiger partial charge in [0.25, 0.3) is 0 Å². The Hall–Kier alpha value is -1.41. The number of hydrogen-bond acceptors (Lipinski definition) is 2. The topological polar surface area (TPSA) is 37.3 Å². The summed E-state index contributed by atoms with van der Waals surface area (Å²) in [5.41, 5.74) is 1.78. The Morgan fingerprint density at radius 1 is 1.57 bits per heavy atom. The molecule has 1 aromatic carbocycles. The molecule has 2 heteroatoms. The Kier molecular flexibility index (Phi) is 3.60. The zero-order valence-electron chi connectivity index (χ0n) is 7.94.